The zero-order valence-corrected chi connectivity index (χ0v) is 11.4. The topological polar surface area (TPSA) is 92.4 Å². The van der Waals surface area contributed by atoms with Gasteiger partial charge in [-0.3, -0.25) is 14.2 Å². The zero-order valence-electron chi connectivity index (χ0n) is 10.6. The SMILES string of the molecule is Cc1sc2ncn(CC(O)CC(=O)O)c(=O)c2c1C. The van der Waals surface area contributed by atoms with Crippen LogP contribution in [0.5, 0.6) is 0 Å². The summed E-state index contributed by atoms with van der Waals surface area (Å²) in [5.74, 6) is -1.10. The molecule has 1 atom stereocenters. The first-order chi connectivity index (χ1) is 8.90. The van der Waals surface area contributed by atoms with Crippen LogP contribution in [0.4, 0.5) is 0 Å². The number of aliphatic hydroxyl groups is 1. The van der Waals surface area contributed by atoms with Crippen LogP contribution in [0.15, 0.2) is 11.1 Å². The van der Waals surface area contributed by atoms with Gasteiger partial charge < -0.3 is 10.2 Å². The summed E-state index contributed by atoms with van der Waals surface area (Å²) in [6.45, 7) is 3.71. The molecule has 0 aliphatic rings. The number of aliphatic carboxylic acids is 1. The number of aliphatic hydroxyl groups excluding tert-OH is 1. The van der Waals surface area contributed by atoms with Crippen LogP contribution in [-0.2, 0) is 11.3 Å². The number of aryl methyl sites for hydroxylation is 2. The maximum absolute atomic E-state index is 12.3. The Hall–Kier alpha value is -1.73. The average molecular weight is 282 g/mol. The Labute approximate surface area is 113 Å². The third kappa shape index (κ3) is 2.66. The van der Waals surface area contributed by atoms with Crippen LogP contribution in [-0.4, -0.2) is 31.8 Å². The fourth-order valence-corrected chi connectivity index (χ4v) is 2.88. The van der Waals surface area contributed by atoms with Crippen LogP contribution in [0, 0.1) is 13.8 Å². The highest BCUT2D eigenvalue weighted by Gasteiger charge is 2.15. The summed E-state index contributed by atoms with van der Waals surface area (Å²) in [6, 6.07) is 0. The van der Waals surface area contributed by atoms with E-state index in [1.54, 1.807) is 0 Å². The highest BCUT2D eigenvalue weighted by atomic mass is 32.1. The molecule has 0 spiro atoms. The third-order valence-electron chi connectivity index (χ3n) is 2.97. The molecule has 2 aromatic heterocycles. The van der Waals surface area contributed by atoms with Crippen molar-refractivity contribution in [3.8, 4) is 0 Å². The first-order valence-electron chi connectivity index (χ1n) is 5.75. The molecule has 0 aliphatic heterocycles. The van der Waals surface area contributed by atoms with Gasteiger partial charge >= 0.3 is 5.97 Å². The summed E-state index contributed by atoms with van der Waals surface area (Å²) in [5.41, 5.74) is 0.649. The number of nitrogens with zero attached hydrogens (tertiary/aromatic N) is 2. The molecule has 0 aliphatic carbocycles. The summed E-state index contributed by atoms with van der Waals surface area (Å²) in [5, 5.41) is 18.7. The first-order valence-corrected chi connectivity index (χ1v) is 6.56. The second-order valence-electron chi connectivity index (χ2n) is 4.42. The van der Waals surface area contributed by atoms with Crippen LogP contribution in [0.3, 0.4) is 0 Å². The van der Waals surface area contributed by atoms with Gasteiger partial charge in [-0.2, -0.15) is 0 Å². The van der Waals surface area contributed by atoms with Crippen molar-refractivity contribution in [2.75, 3.05) is 0 Å². The van der Waals surface area contributed by atoms with Crippen LogP contribution < -0.4 is 5.56 Å². The molecule has 2 N–H and O–H groups in total. The number of hydrogen-bond donors (Lipinski definition) is 2. The average Bonchev–Trinajstić information content (AvgIpc) is 2.59. The molecule has 102 valence electrons. The van der Waals surface area contributed by atoms with E-state index in [9.17, 15) is 14.7 Å². The number of fused-ring (bicyclic) bond motifs is 1. The number of aromatic nitrogens is 2. The summed E-state index contributed by atoms with van der Waals surface area (Å²) < 4.78 is 1.26. The maximum atomic E-state index is 12.3. The van der Waals surface area contributed by atoms with Gasteiger partial charge in [0.2, 0.25) is 0 Å². The van der Waals surface area contributed by atoms with Crippen molar-refractivity contribution in [2.24, 2.45) is 0 Å². The van der Waals surface area contributed by atoms with E-state index in [1.165, 1.54) is 22.2 Å². The Morgan fingerprint density at radius 2 is 2.21 bits per heavy atom. The van der Waals surface area contributed by atoms with Gasteiger partial charge in [-0.05, 0) is 19.4 Å². The van der Waals surface area contributed by atoms with Crippen LogP contribution in [0.2, 0.25) is 0 Å². The fraction of sp³-hybridized carbons (Fsp3) is 0.417. The molecule has 0 amide bonds. The van der Waals surface area contributed by atoms with Crippen molar-refractivity contribution in [2.45, 2.75) is 32.9 Å². The van der Waals surface area contributed by atoms with Gasteiger partial charge in [0.05, 0.1) is 30.8 Å². The molecule has 0 bridgehead atoms. The van der Waals surface area contributed by atoms with Crippen LogP contribution >= 0.6 is 11.3 Å². The normalized spacial score (nSPS) is 12.8. The second kappa shape index (κ2) is 5.10. The molecule has 1 unspecified atom stereocenters. The van der Waals surface area contributed by atoms with E-state index in [1.807, 2.05) is 13.8 Å². The van der Waals surface area contributed by atoms with Gasteiger partial charge in [0.1, 0.15) is 4.83 Å². The van der Waals surface area contributed by atoms with Crippen molar-refractivity contribution in [3.05, 3.63) is 27.1 Å². The molecule has 0 radical (unpaired) electrons. The van der Waals surface area contributed by atoms with E-state index in [4.69, 9.17) is 5.11 Å². The predicted molar refractivity (Wildman–Crippen MR) is 71.6 cm³/mol. The predicted octanol–water partition coefficient (Wildman–Crippen LogP) is 0.910. The quantitative estimate of drug-likeness (QED) is 0.869. The Bertz CT molecular complexity index is 689. The molecule has 19 heavy (non-hydrogen) atoms. The number of carbonyl (C=O) groups is 1. The lowest BCUT2D eigenvalue weighted by atomic mass is 10.2. The van der Waals surface area contributed by atoms with E-state index >= 15 is 0 Å². The summed E-state index contributed by atoms with van der Waals surface area (Å²) in [4.78, 5) is 28.6. The molecular weight excluding hydrogens is 268 g/mol. The van der Waals surface area contributed by atoms with E-state index in [2.05, 4.69) is 4.98 Å². The van der Waals surface area contributed by atoms with E-state index < -0.39 is 18.5 Å². The molecular formula is C12H14N2O4S. The molecule has 6 nitrogen and oxygen atoms in total. The van der Waals surface area contributed by atoms with Crippen molar-refractivity contribution < 1.29 is 15.0 Å². The lowest BCUT2D eigenvalue weighted by molar-refractivity contribution is -0.139. The molecule has 0 saturated carbocycles. The van der Waals surface area contributed by atoms with E-state index in [0.717, 1.165) is 10.4 Å². The summed E-state index contributed by atoms with van der Waals surface area (Å²) in [6.07, 6.45) is -0.147. The van der Waals surface area contributed by atoms with E-state index in [-0.39, 0.29) is 12.1 Å². The van der Waals surface area contributed by atoms with Gasteiger partial charge in [0, 0.05) is 4.88 Å². The van der Waals surface area contributed by atoms with Crippen molar-refractivity contribution >= 4 is 27.5 Å². The number of rotatable bonds is 4. The number of carboxylic acids is 1. The highest BCUT2D eigenvalue weighted by Crippen LogP contribution is 2.25. The molecule has 7 heteroatoms. The Morgan fingerprint density at radius 3 is 2.84 bits per heavy atom. The largest absolute Gasteiger partial charge is 0.481 e. The minimum absolute atomic E-state index is 0.0671. The standard InChI is InChI=1S/C12H14N2O4S/c1-6-7(2)19-11-10(6)12(18)14(5-13-11)4-8(15)3-9(16)17/h5,8,15H,3-4H2,1-2H3,(H,16,17). The molecule has 0 aromatic carbocycles. The third-order valence-corrected chi connectivity index (χ3v) is 4.09. The van der Waals surface area contributed by atoms with Crippen LogP contribution in [0.1, 0.15) is 16.9 Å². The zero-order chi connectivity index (χ0) is 14.2. The lowest BCUT2D eigenvalue weighted by Crippen LogP contribution is -2.28. The fourth-order valence-electron chi connectivity index (χ4n) is 1.89. The van der Waals surface area contributed by atoms with Crippen molar-refractivity contribution in [3.63, 3.8) is 0 Å². The molecule has 2 heterocycles. The van der Waals surface area contributed by atoms with Crippen molar-refractivity contribution in [1.29, 1.82) is 0 Å². The number of hydrogen-bond acceptors (Lipinski definition) is 5. The molecule has 0 saturated heterocycles. The summed E-state index contributed by atoms with van der Waals surface area (Å²) >= 11 is 1.45. The minimum atomic E-state index is -1.10. The minimum Gasteiger partial charge on any atom is -0.481 e. The second-order valence-corrected chi connectivity index (χ2v) is 5.62. The van der Waals surface area contributed by atoms with Gasteiger partial charge in [0.25, 0.3) is 5.56 Å². The Morgan fingerprint density at radius 1 is 1.53 bits per heavy atom. The smallest absolute Gasteiger partial charge is 0.306 e. The van der Waals surface area contributed by atoms with Gasteiger partial charge in [-0.15, -0.1) is 11.3 Å². The molecule has 0 fully saturated rings. The van der Waals surface area contributed by atoms with Crippen molar-refractivity contribution in [1.82, 2.24) is 9.55 Å². The Balaban J connectivity index is 2.40. The molecule has 2 rings (SSSR count). The van der Waals surface area contributed by atoms with Crippen LogP contribution in [0.25, 0.3) is 10.2 Å². The van der Waals surface area contributed by atoms with Gasteiger partial charge in [-0.25, -0.2) is 4.98 Å². The monoisotopic (exact) mass is 282 g/mol. The Kier molecular flexibility index (Phi) is 3.68. The first kappa shape index (κ1) is 13.7. The molecule has 2 aromatic rings. The number of thiophene rings is 1. The van der Waals surface area contributed by atoms with Gasteiger partial charge in [-0.1, -0.05) is 0 Å². The highest BCUT2D eigenvalue weighted by molar-refractivity contribution is 7.18. The van der Waals surface area contributed by atoms with E-state index in [0.29, 0.717) is 10.2 Å². The lowest BCUT2D eigenvalue weighted by Gasteiger charge is -2.10. The maximum Gasteiger partial charge on any atom is 0.306 e. The summed E-state index contributed by atoms with van der Waals surface area (Å²) in [7, 11) is 0. The number of carboxylic acid groups (broad SMARTS) is 1. The van der Waals surface area contributed by atoms with Gasteiger partial charge in [0.15, 0.2) is 0 Å².